The summed E-state index contributed by atoms with van der Waals surface area (Å²) in [6.07, 6.45) is 1.99. The van der Waals surface area contributed by atoms with Crippen molar-refractivity contribution < 1.29 is 13.6 Å². The van der Waals surface area contributed by atoms with Gasteiger partial charge in [-0.25, -0.2) is 18.6 Å². The largest absolute Gasteiger partial charge is 0.250 e. The maximum Gasteiger partial charge on any atom is 0.250 e. The van der Waals surface area contributed by atoms with Crippen molar-refractivity contribution in [1.82, 2.24) is 0 Å². The van der Waals surface area contributed by atoms with Crippen molar-refractivity contribution in [2.45, 2.75) is 37.6 Å². The van der Waals surface area contributed by atoms with Crippen molar-refractivity contribution in [3.05, 3.63) is 0 Å². The molecule has 0 bridgehead atoms. The molecule has 1 fully saturated rings. The van der Waals surface area contributed by atoms with Crippen LogP contribution in [-0.4, -0.2) is 18.0 Å². The molecular weight excluding hydrogens is 152 g/mol. The maximum absolute atomic E-state index is 12.6. The summed E-state index contributed by atoms with van der Waals surface area (Å²) in [6, 6.07) is -0.503. The van der Waals surface area contributed by atoms with Gasteiger partial charge in [-0.2, -0.15) is 0 Å². The molecule has 4 heteroatoms. The highest BCUT2D eigenvalue weighted by Gasteiger charge is 2.36. The number of alkyl halides is 2. The first-order chi connectivity index (χ1) is 5.14. The number of isocyanates is 1. The van der Waals surface area contributed by atoms with Crippen molar-refractivity contribution in [2.24, 2.45) is 4.99 Å². The standard InChI is InChI=1S/C7H9F2NO/c8-7(9)3-1-2-6(4-7)10-5-11/h6H,1-4H2. The Hall–Kier alpha value is -0.760. The van der Waals surface area contributed by atoms with Gasteiger partial charge in [0.15, 0.2) is 0 Å². The summed E-state index contributed by atoms with van der Waals surface area (Å²) in [5.41, 5.74) is 0. The van der Waals surface area contributed by atoms with Crippen molar-refractivity contribution >= 4 is 6.08 Å². The molecule has 0 radical (unpaired) electrons. The van der Waals surface area contributed by atoms with Gasteiger partial charge in [0.2, 0.25) is 12.0 Å². The van der Waals surface area contributed by atoms with Gasteiger partial charge in [0.05, 0.1) is 6.04 Å². The lowest BCUT2D eigenvalue weighted by Crippen LogP contribution is -2.28. The van der Waals surface area contributed by atoms with Crippen LogP contribution < -0.4 is 0 Å². The topological polar surface area (TPSA) is 29.4 Å². The molecule has 0 aromatic rings. The smallest absolute Gasteiger partial charge is 0.211 e. The van der Waals surface area contributed by atoms with Crippen LogP contribution in [0.25, 0.3) is 0 Å². The summed E-state index contributed by atoms with van der Waals surface area (Å²) in [4.78, 5) is 13.0. The predicted octanol–water partition coefficient (Wildman–Crippen LogP) is 1.90. The highest BCUT2D eigenvalue weighted by molar-refractivity contribution is 5.33. The van der Waals surface area contributed by atoms with E-state index in [2.05, 4.69) is 4.99 Å². The normalized spacial score (nSPS) is 29.1. The van der Waals surface area contributed by atoms with Crippen LogP contribution >= 0.6 is 0 Å². The molecule has 1 atom stereocenters. The number of carbonyl (C=O) groups excluding carboxylic acids is 1. The number of nitrogens with zero attached hydrogens (tertiary/aromatic N) is 1. The van der Waals surface area contributed by atoms with Gasteiger partial charge in [-0.05, 0) is 12.8 Å². The van der Waals surface area contributed by atoms with Crippen molar-refractivity contribution in [3.8, 4) is 0 Å². The van der Waals surface area contributed by atoms with Crippen molar-refractivity contribution in [1.29, 1.82) is 0 Å². The van der Waals surface area contributed by atoms with E-state index in [1.807, 2.05) is 0 Å². The zero-order chi connectivity index (χ0) is 8.32. The van der Waals surface area contributed by atoms with Crippen LogP contribution in [0, 0.1) is 0 Å². The molecule has 1 unspecified atom stereocenters. The van der Waals surface area contributed by atoms with Gasteiger partial charge < -0.3 is 0 Å². The second-order valence-corrected chi connectivity index (χ2v) is 2.83. The Balaban J connectivity index is 2.52. The summed E-state index contributed by atoms with van der Waals surface area (Å²) >= 11 is 0. The Kier molecular flexibility index (Phi) is 2.35. The molecule has 0 aliphatic heterocycles. The van der Waals surface area contributed by atoms with Gasteiger partial charge >= 0.3 is 0 Å². The van der Waals surface area contributed by atoms with Crippen molar-refractivity contribution in [3.63, 3.8) is 0 Å². The number of aliphatic imine (C=N–C) groups is 1. The van der Waals surface area contributed by atoms with Crippen LogP contribution in [0.5, 0.6) is 0 Å². The van der Waals surface area contributed by atoms with Gasteiger partial charge in [0.25, 0.3) is 0 Å². The highest BCUT2D eigenvalue weighted by Crippen LogP contribution is 2.34. The first-order valence-electron chi connectivity index (χ1n) is 3.59. The summed E-state index contributed by atoms with van der Waals surface area (Å²) in [6.45, 7) is 0. The number of hydrogen-bond acceptors (Lipinski definition) is 2. The fourth-order valence-electron chi connectivity index (χ4n) is 1.33. The van der Waals surface area contributed by atoms with E-state index in [0.717, 1.165) is 0 Å². The number of rotatable bonds is 1. The van der Waals surface area contributed by atoms with Crippen LogP contribution in [0.15, 0.2) is 4.99 Å². The average Bonchev–Trinajstić information content (AvgIpc) is 1.85. The summed E-state index contributed by atoms with van der Waals surface area (Å²) in [7, 11) is 0. The molecule has 1 rings (SSSR count). The van der Waals surface area contributed by atoms with E-state index in [0.29, 0.717) is 12.8 Å². The predicted molar refractivity (Wildman–Crippen MR) is 35.3 cm³/mol. The second-order valence-electron chi connectivity index (χ2n) is 2.83. The van der Waals surface area contributed by atoms with Crippen LogP contribution in [0.4, 0.5) is 8.78 Å². The molecule has 0 saturated heterocycles. The zero-order valence-electron chi connectivity index (χ0n) is 6.02. The minimum absolute atomic E-state index is 0.0716. The third-order valence-corrected chi connectivity index (χ3v) is 1.85. The summed E-state index contributed by atoms with van der Waals surface area (Å²) in [5.74, 6) is -2.62. The molecule has 1 aliphatic rings. The number of halogens is 2. The minimum atomic E-state index is -2.62. The third kappa shape index (κ3) is 2.39. The Morgan fingerprint density at radius 3 is 2.82 bits per heavy atom. The summed E-state index contributed by atoms with van der Waals surface area (Å²) in [5, 5.41) is 0. The molecule has 0 aromatic carbocycles. The maximum atomic E-state index is 12.6. The Morgan fingerprint density at radius 2 is 2.27 bits per heavy atom. The van der Waals surface area contributed by atoms with E-state index in [9.17, 15) is 13.6 Å². The van der Waals surface area contributed by atoms with Crippen LogP contribution in [0.3, 0.4) is 0 Å². The molecule has 11 heavy (non-hydrogen) atoms. The lowest BCUT2D eigenvalue weighted by molar-refractivity contribution is -0.0392. The van der Waals surface area contributed by atoms with Crippen LogP contribution in [-0.2, 0) is 4.79 Å². The second kappa shape index (κ2) is 3.09. The van der Waals surface area contributed by atoms with Gasteiger partial charge in [-0.3, -0.25) is 0 Å². The molecule has 0 aromatic heterocycles. The molecule has 62 valence electrons. The minimum Gasteiger partial charge on any atom is -0.211 e. The van der Waals surface area contributed by atoms with Gasteiger partial charge in [-0.15, -0.1) is 0 Å². The molecular formula is C7H9F2NO. The molecule has 0 heterocycles. The molecule has 1 aliphatic carbocycles. The van der Waals surface area contributed by atoms with Gasteiger partial charge in [-0.1, -0.05) is 0 Å². The van der Waals surface area contributed by atoms with E-state index in [1.54, 1.807) is 0 Å². The lowest BCUT2D eigenvalue weighted by Gasteiger charge is -2.25. The van der Waals surface area contributed by atoms with Crippen LogP contribution in [0.1, 0.15) is 25.7 Å². The van der Waals surface area contributed by atoms with Gasteiger partial charge in [0, 0.05) is 12.8 Å². The quantitative estimate of drug-likeness (QED) is 0.426. The average molecular weight is 161 g/mol. The third-order valence-electron chi connectivity index (χ3n) is 1.85. The van der Waals surface area contributed by atoms with E-state index >= 15 is 0 Å². The monoisotopic (exact) mass is 161 g/mol. The van der Waals surface area contributed by atoms with E-state index < -0.39 is 12.0 Å². The molecule has 0 amide bonds. The molecule has 0 N–H and O–H groups in total. The van der Waals surface area contributed by atoms with E-state index in [1.165, 1.54) is 6.08 Å². The zero-order valence-corrected chi connectivity index (χ0v) is 6.02. The fraction of sp³-hybridized carbons (Fsp3) is 0.857. The molecule has 2 nitrogen and oxygen atoms in total. The Labute approximate surface area is 63.3 Å². The van der Waals surface area contributed by atoms with E-state index in [-0.39, 0.29) is 12.8 Å². The van der Waals surface area contributed by atoms with Gasteiger partial charge in [0.1, 0.15) is 0 Å². The Morgan fingerprint density at radius 1 is 1.55 bits per heavy atom. The highest BCUT2D eigenvalue weighted by atomic mass is 19.3. The van der Waals surface area contributed by atoms with Crippen molar-refractivity contribution in [2.75, 3.05) is 0 Å². The fourth-order valence-corrected chi connectivity index (χ4v) is 1.33. The van der Waals surface area contributed by atoms with Crippen LogP contribution in [0.2, 0.25) is 0 Å². The first-order valence-corrected chi connectivity index (χ1v) is 3.59. The lowest BCUT2D eigenvalue weighted by atomic mass is 9.93. The summed E-state index contributed by atoms with van der Waals surface area (Å²) < 4.78 is 25.2. The Bertz CT molecular complexity index is 187. The first kappa shape index (κ1) is 8.34. The molecule has 1 saturated carbocycles. The van der Waals surface area contributed by atoms with E-state index in [4.69, 9.17) is 0 Å². The molecule has 0 spiro atoms. The number of hydrogen-bond donors (Lipinski definition) is 0. The SMILES string of the molecule is O=C=NC1CCCC(F)(F)C1.